The van der Waals surface area contributed by atoms with Gasteiger partial charge in [0.1, 0.15) is 5.82 Å². The Hall–Kier alpha value is -2.10. The normalized spacial score (nSPS) is 10.2. The molecule has 0 amide bonds. The predicted octanol–water partition coefficient (Wildman–Crippen LogP) is 2.44. The van der Waals surface area contributed by atoms with Crippen LogP contribution in [-0.2, 0) is 6.54 Å². The minimum absolute atomic E-state index is 0.231. The fourth-order valence-electron chi connectivity index (χ4n) is 1.62. The van der Waals surface area contributed by atoms with Crippen molar-refractivity contribution in [2.45, 2.75) is 6.54 Å². The van der Waals surface area contributed by atoms with E-state index in [1.807, 2.05) is 24.1 Å². The maximum atomic E-state index is 13.5. The Labute approximate surface area is 99.7 Å². The van der Waals surface area contributed by atoms with E-state index < -0.39 is 0 Å². The van der Waals surface area contributed by atoms with Crippen molar-refractivity contribution in [2.24, 2.45) is 0 Å². The van der Waals surface area contributed by atoms with Crippen LogP contribution in [0.2, 0.25) is 0 Å². The largest absolute Gasteiger partial charge is 0.397 e. The van der Waals surface area contributed by atoms with Crippen molar-refractivity contribution in [1.82, 2.24) is 4.98 Å². The molecule has 3 nitrogen and oxygen atoms in total. The number of benzene rings is 1. The summed E-state index contributed by atoms with van der Waals surface area (Å²) >= 11 is 0. The van der Waals surface area contributed by atoms with Gasteiger partial charge in [0, 0.05) is 7.05 Å². The highest BCUT2D eigenvalue weighted by Gasteiger charge is 2.07. The van der Waals surface area contributed by atoms with Gasteiger partial charge in [-0.2, -0.15) is 0 Å². The zero-order valence-electron chi connectivity index (χ0n) is 9.60. The lowest BCUT2D eigenvalue weighted by atomic mass is 10.2. The molecule has 1 aromatic heterocycles. The maximum absolute atomic E-state index is 13.5. The number of nitrogen functional groups attached to an aromatic ring is 1. The number of pyridine rings is 1. The van der Waals surface area contributed by atoms with Gasteiger partial charge in [0.05, 0.1) is 29.8 Å². The van der Waals surface area contributed by atoms with Crippen LogP contribution in [0.5, 0.6) is 0 Å². The highest BCUT2D eigenvalue weighted by atomic mass is 19.1. The van der Waals surface area contributed by atoms with Gasteiger partial charge in [0.25, 0.3) is 0 Å². The number of anilines is 2. The summed E-state index contributed by atoms with van der Waals surface area (Å²) in [5.41, 5.74) is 7.60. The third-order valence-electron chi connectivity index (χ3n) is 2.51. The van der Waals surface area contributed by atoms with E-state index in [9.17, 15) is 4.39 Å². The Bertz CT molecular complexity index is 496. The fourth-order valence-corrected chi connectivity index (χ4v) is 1.62. The van der Waals surface area contributed by atoms with Gasteiger partial charge in [-0.05, 0) is 24.3 Å². The highest BCUT2D eigenvalue weighted by Crippen LogP contribution is 2.18. The molecule has 2 aromatic rings. The molecule has 1 aromatic carbocycles. The molecule has 0 spiro atoms. The average molecular weight is 231 g/mol. The molecule has 88 valence electrons. The van der Waals surface area contributed by atoms with Crippen molar-refractivity contribution < 1.29 is 4.39 Å². The molecule has 0 unspecified atom stereocenters. The zero-order valence-corrected chi connectivity index (χ0v) is 9.60. The van der Waals surface area contributed by atoms with E-state index in [0.29, 0.717) is 17.9 Å². The van der Waals surface area contributed by atoms with Gasteiger partial charge in [0.15, 0.2) is 0 Å². The van der Waals surface area contributed by atoms with Crippen LogP contribution in [0.1, 0.15) is 5.69 Å². The van der Waals surface area contributed by atoms with Crippen molar-refractivity contribution in [3.05, 3.63) is 54.1 Å². The summed E-state index contributed by atoms with van der Waals surface area (Å²) in [5, 5.41) is 0. The first-order valence-corrected chi connectivity index (χ1v) is 5.33. The van der Waals surface area contributed by atoms with Crippen LogP contribution in [-0.4, -0.2) is 12.0 Å². The lowest BCUT2D eigenvalue weighted by Gasteiger charge is -2.19. The summed E-state index contributed by atoms with van der Waals surface area (Å²) in [7, 11) is 1.83. The summed E-state index contributed by atoms with van der Waals surface area (Å²) in [6, 6.07) is 10.3. The van der Waals surface area contributed by atoms with Crippen molar-refractivity contribution >= 4 is 11.4 Å². The molecule has 0 bridgehead atoms. The Morgan fingerprint density at radius 2 is 2.00 bits per heavy atom. The summed E-state index contributed by atoms with van der Waals surface area (Å²) in [5.74, 6) is -0.231. The summed E-state index contributed by atoms with van der Waals surface area (Å²) < 4.78 is 13.5. The third-order valence-corrected chi connectivity index (χ3v) is 2.51. The number of nitrogens with two attached hydrogens (primary N) is 1. The molecular formula is C13H14FN3. The van der Waals surface area contributed by atoms with Crippen molar-refractivity contribution in [3.8, 4) is 0 Å². The molecule has 0 aliphatic heterocycles. The lowest BCUT2D eigenvalue weighted by molar-refractivity contribution is 0.621. The summed E-state index contributed by atoms with van der Waals surface area (Å²) in [6.07, 6.45) is 1.60. The van der Waals surface area contributed by atoms with Crippen LogP contribution in [0.15, 0.2) is 42.6 Å². The van der Waals surface area contributed by atoms with Crippen molar-refractivity contribution in [3.63, 3.8) is 0 Å². The highest BCUT2D eigenvalue weighted by molar-refractivity contribution is 5.47. The molecule has 0 aliphatic rings. The molecule has 0 aliphatic carbocycles. The predicted molar refractivity (Wildman–Crippen MR) is 67.2 cm³/mol. The monoisotopic (exact) mass is 231 g/mol. The van der Waals surface area contributed by atoms with Gasteiger partial charge >= 0.3 is 0 Å². The fraction of sp³-hybridized carbons (Fsp3) is 0.154. The molecule has 0 saturated carbocycles. The van der Waals surface area contributed by atoms with Crippen LogP contribution >= 0.6 is 0 Å². The average Bonchev–Trinajstić information content (AvgIpc) is 2.32. The van der Waals surface area contributed by atoms with E-state index in [0.717, 1.165) is 5.69 Å². The lowest BCUT2D eigenvalue weighted by Crippen LogP contribution is -2.18. The third kappa shape index (κ3) is 2.72. The second-order valence-electron chi connectivity index (χ2n) is 3.89. The van der Waals surface area contributed by atoms with Crippen LogP contribution in [0, 0.1) is 5.82 Å². The standard InChI is InChI=1S/C13H14FN3/c1-17(13-5-3-2-4-12(13)14)9-11-7-6-10(15)8-16-11/h2-8H,9,15H2,1H3. The number of hydrogen-bond acceptors (Lipinski definition) is 3. The van der Waals surface area contributed by atoms with Crippen molar-refractivity contribution in [1.29, 1.82) is 0 Å². The SMILES string of the molecule is CN(Cc1ccc(N)cn1)c1ccccc1F. The van der Waals surface area contributed by atoms with Gasteiger partial charge < -0.3 is 10.6 Å². The number of para-hydroxylation sites is 1. The molecule has 0 saturated heterocycles. The molecular weight excluding hydrogens is 217 g/mol. The number of hydrogen-bond donors (Lipinski definition) is 1. The summed E-state index contributed by atoms with van der Waals surface area (Å²) in [6.45, 7) is 0.543. The number of rotatable bonds is 3. The molecule has 17 heavy (non-hydrogen) atoms. The number of nitrogens with zero attached hydrogens (tertiary/aromatic N) is 2. The van der Waals surface area contributed by atoms with Gasteiger partial charge in [-0.15, -0.1) is 0 Å². The Morgan fingerprint density at radius 1 is 1.24 bits per heavy atom. The summed E-state index contributed by atoms with van der Waals surface area (Å²) in [4.78, 5) is 6.00. The molecule has 2 rings (SSSR count). The van der Waals surface area contributed by atoms with Gasteiger partial charge in [-0.3, -0.25) is 4.98 Å². The molecule has 0 atom stereocenters. The first-order valence-electron chi connectivity index (χ1n) is 5.33. The Morgan fingerprint density at radius 3 is 2.65 bits per heavy atom. The van der Waals surface area contributed by atoms with Gasteiger partial charge in [-0.25, -0.2) is 4.39 Å². The van der Waals surface area contributed by atoms with Crippen molar-refractivity contribution in [2.75, 3.05) is 17.7 Å². The quantitative estimate of drug-likeness (QED) is 0.882. The van der Waals surface area contributed by atoms with E-state index >= 15 is 0 Å². The smallest absolute Gasteiger partial charge is 0.146 e. The van der Waals surface area contributed by atoms with E-state index in [2.05, 4.69) is 4.98 Å². The molecule has 1 heterocycles. The van der Waals surface area contributed by atoms with Crippen LogP contribution in [0.25, 0.3) is 0 Å². The van der Waals surface area contributed by atoms with E-state index in [1.54, 1.807) is 24.4 Å². The van der Waals surface area contributed by atoms with Crippen LogP contribution < -0.4 is 10.6 Å². The minimum Gasteiger partial charge on any atom is -0.397 e. The Kier molecular flexibility index (Phi) is 3.23. The number of halogens is 1. The van der Waals surface area contributed by atoms with Crippen LogP contribution in [0.3, 0.4) is 0 Å². The van der Waals surface area contributed by atoms with Gasteiger partial charge in [0.2, 0.25) is 0 Å². The first-order chi connectivity index (χ1) is 8.16. The van der Waals surface area contributed by atoms with Crippen LogP contribution in [0.4, 0.5) is 15.8 Å². The maximum Gasteiger partial charge on any atom is 0.146 e. The number of aromatic nitrogens is 1. The Balaban J connectivity index is 2.14. The van der Waals surface area contributed by atoms with Gasteiger partial charge in [-0.1, -0.05) is 12.1 Å². The topological polar surface area (TPSA) is 42.1 Å². The second kappa shape index (κ2) is 4.82. The zero-order chi connectivity index (χ0) is 12.3. The van der Waals surface area contributed by atoms with E-state index in [1.165, 1.54) is 6.07 Å². The van der Waals surface area contributed by atoms with E-state index in [-0.39, 0.29) is 5.82 Å². The first kappa shape index (κ1) is 11.4. The minimum atomic E-state index is -0.231. The van der Waals surface area contributed by atoms with E-state index in [4.69, 9.17) is 5.73 Å². The second-order valence-corrected chi connectivity index (χ2v) is 3.89. The molecule has 0 radical (unpaired) electrons. The molecule has 2 N–H and O–H groups in total. The molecule has 4 heteroatoms. The molecule has 0 fully saturated rings.